The van der Waals surface area contributed by atoms with Gasteiger partial charge in [0.15, 0.2) is 0 Å². The molecule has 2 aromatic rings. The average Bonchev–Trinajstić information content (AvgIpc) is 3.51. The first-order valence-electron chi connectivity index (χ1n) is 10.7. The summed E-state index contributed by atoms with van der Waals surface area (Å²) in [5.41, 5.74) is 9.41. The Balaban J connectivity index is 0.00000171. The molecule has 0 spiro atoms. The lowest BCUT2D eigenvalue weighted by Gasteiger charge is -2.34. The Bertz CT molecular complexity index is 804. The molecule has 0 aromatic heterocycles. The Labute approximate surface area is 198 Å². The summed E-state index contributed by atoms with van der Waals surface area (Å²) in [7, 11) is 0. The van der Waals surface area contributed by atoms with Gasteiger partial charge in [-0.3, -0.25) is 14.6 Å². The highest BCUT2D eigenvalue weighted by Crippen LogP contribution is 2.47. The van der Waals surface area contributed by atoms with Gasteiger partial charge in [-0.05, 0) is 48.1 Å². The third kappa shape index (κ3) is 7.48. The van der Waals surface area contributed by atoms with Crippen LogP contribution in [-0.4, -0.2) is 48.4 Å². The van der Waals surface area contributed by atoms with Gasteiger partial charge in [0, 0.05) is 51.4 Å². The molecule has 5 nitrogen and oxygen atoms in total. The second kappa shape index (κ2) is 11.8. The van der Waals surface area contributed by atoms with E-state index in [-0.39, 0.29) is 36.1 Å². The summed E-state index contributed by atoms with van der Waals surface area (Å²) < 4.78 is 0. The lowest BCUT2D eigenvalue weighted by Crippen LogP contribution is -2.45. The van der Waals surface area contributed by atoms with Crippen molar-refractivity contribution in [3.63, 3.8) is 0 Å². The minimum absolute atomic E-state index is 0. The molecule has 0 unspecified atom stereocenters. The van der Waals surface area contributed by atoms with E-state index < -0.39 is 0 Å². The zero-order valence-electron chi connectivity index (χ0n) is 18.0. The fourth-order valence-electron chi connectivity index (χ4n) is 4.07. The van der Waals surface area contributed by atoms with Gasteiger partial charge >= 0.3 is 0 Å². The number of hydrogen-bond donors (Lipinski definition) is 2. The average molecular weight is 465 g/mol. The second-order valence-corrected chi connectivity index (χ2v) is 8.66. The number of nitrogens with zero attached hydrogens (tertiary/aromatic N) is 2. The van der Waals surface area contributed by atoms with Crippen LogP contribution in [0.25, 0.3) is 0 Å². The van der Waals surface area contributed by atoms with E-state index >= 15 is 0 Å². The molecule has 2 aromatic carbocycles. The van der Waals surface area contributed by atoms with Crippen molar-refractivity contribution in [1.82, 2.24) is 9.80 Å². The lowest BCUT2D eigenvalue weighted by molar-refractivity contribution is -0.117. The van der Waals surface area contributed by atoms with Gasteiger partial charge in [-0.15, -0.1) is 24.8 Å². The number of carbonyl (C=O) groups is 1. The van der Waals surface area contributed by atoms with Crippen LogP contribution in [0.15, 0.2) is 54.6 Å². The van der Waals surface area contributed by atoms with E-state index in [4.69, 9.17) is 5.73 Å². The van der Waals surface area contributed by atoms with E-state index in [1.54, 1.807) is 0 Å². The van der Waals surface area contributed by atoms with E-state index in [0.29, 0.717) is 13.0 Å². The van der Waals surface area contributed by atoms with Gasteiger partial charge in [-0.1, -0.05) is 42.5 Å². The SMILES string of the molecule is Cl.Cl.NCC1(CC(=O)Nc2ccc(CN3CCN(Cc4ccccc4)CC3)cc2)CC1. The number of amides is 1. The van der Waals surface area contributed by atoms with Gasteiger partial charge < -0.3 is 11.1 Å². The molecular weight excluding hydrogens is 431 g/mol. The molecule has 1 saturated carbocycles. The molecule has 1 amide bonds. The first-order chi connectivity index (χ1) is 14.1. The highest BCUT2D eigenvalue weighted by atomic mass is 35.5. The molecule has 4 rings (SSSR count). The highest BCUT2D eigenvalue weighted by Gasteiger charge is 2.42. The molecule has 1 saturated heterocycles. The van der Waals surface area contributed by atoms with Crippen molar-refractivity contribution >= 4 is 36.4 Å². The molecule has 7 heteroatoms. The van der Waals surface area contributed by atoms with E-state index in [2.05, 4.69) is 57.6 Å². The second-order valence-electron chi connectivity index (χ2n) is 8.66. The van der Waals surface area contributed by atoms with Crippen LogP contribution in [0.1, 0.15) is 30.4 Å². The molecule has 0 radical (unpaired) electrons. The number of nitrogens with two attached hydrogens (primary N) is 1. The molecule has 2 fully saturated rings. The molecule has 170 valence electrons. The monoisotopic (exact) mass is 464 g/mol. The Morgan fingerprint density at radius 1 is 0.839 bits per heavy atom. The van der Waals surface area contributed by atoms with Crippen molar-refractivity contribution in [2.75, 3.05) is 38.0 Å². The largest absolute Gasteiger partial charge is 0.330 e. The van der Waals surface area contributed by atoms with Crippen LogP contribution in [-0.2, 0) is 17.9 Å². The number of piperazine rings is 1. The van der Waals surface area contributed by atoms with Crippen molar-refractivity contribution in [3.8, 4) is 0 Å². The summed E-state index contributed by atoms with van der Waals surface area (Å²) in [6.45, 7) is 6.99. The Morgan fingerprint density at radius 3 is 1.84 bits per heavy atom. The Hall–Kier alpha value is -1.63. The summed E-state index contributed by atoms with van der Waals surface area (Å²) in [5.74, 6) is 0.0789. The maximum absolute atomic E-state index is 12.2. The minimum atomic E-state index is 0. The number of halogens is 2. The summed E-state index contributed by atoms with van der Waals surface area (Å²) in [5, 5.41) is 3.02. The number of nitrogens with one attached hydrogen (secondary N) is 1. The van der Waals surface area contributed by atoms with Crippen LogP contribution in [0.5, 0.6) is 0 Å². The molecule has 31 heavy (non-hydrogen) atoms. The lowest BCUT2D eigenvalue weighted by atomic mass is 10.0. The van der Waals surface area contributed by atoms with Gasteiger partial charge in [0.05, 0.1) is 0 Å². The fourth-order valence-corrected chi connectivity index (χ4v) is 4.07. The molecular formula is C24H34Cl2N4O. The van der Waals surface area contributed by atoms with E-state index in [1.165, 1.54) is 11.1 Å². The third-order valence-electron chi connectivity index (χ3n) is 6.28. The van der Waals surface area contributed by atoms with E-state index in [9.17, 15) is 4.79 Å². The van der Waals surface area contributed by atoms with Crippen molar-refractivity contribution in [2.45, 2.75) is 32.4 Å². The van der Waals surface area contributed by atoms with Crippen molar-refractivity contribution < 1.29 is 4.79 Å². The molecule has 1 heterocycles. The predicted octanol–water partition coefficient (Wildman–Crippen LogP) is 3.92. The van der Waals surface area contributed by atoms with Crippen LogP contribution in [0, 0.1) is 5.41 Å². The molecule has 0 bridgehead atoms. The van der Waals surface area contributed by atoms with Crippen LogP contribution in [0.3, 0.4) is 0 Å². The van der Waals surface area contributed by atoms with Crippen LogP contribution < -0.4 is 11.1 Å². The maximum atomic E-state index is 12.2. The quantitative estimate of drug-likeness (QED) is 0.621. The van der Waals surface area contributed by atoms with Gasteiger partial charge in [0.2, 0.25) is 5.91 Å². The van der Waals surface area contributed by atoms with Gasteiger partial charge in [0.1, 0.15) is 0 Å². The maximum Gasteiger partial charge on any atom is 0.224 e. The first kappa shape index (κ1) is 25.6. The van der Waals surface area contributed by atoms with Crippen LogP contribution in [0.4, 0.5) is 5.69 Å². The fraction of sp³-hybridized carbons (Fsp3) is 0.458. The number of rotatable bonds is 8. The van der Waals surface area contributed by atoms with Gasteiger partial charge in [-0.25, -0.2) is 0 Å². The summed E-state index contributed by atoms with van der Waals surface area (Å²) in [6.07, 6.45) is 2.70. The summed E-state index contributed by atoms with van der Waals surface area (Å²) in [6, 6.07) is 19.0. The first-order valence-corrected chi connectivity index (χ1v) is 10.7. The van der Waals surface area contributed by atoms with E-state index in [0.717, 1.165) is 57.8 Å². The van der Waals surface area contributed by atoms with Crippen LogP contribution in [0.2, 0.25) is 0 Å². The summed E-state index contributed by atoms with van der Waals surface area (Å²) >= 11 is 0. The molecule has 1 aliphatic carbocycles. The smallest absolute Gasteiger partial charge is 0.224 e. The molecule has 0 atom stereocenters. The number of hydrogen-bond acceptors (Lipinski definition) is 4. The number of anilines is 1. The molecule has 2 aliphatic rings. The van der Waals surface area contributed by atoms with Crippen molar-refractivity contribution in [3.05, 3.63) is 65.7 Å². The third-order valence-corrected chi connectivity index (χ3v) is 6.28. The topological polar surface area (TPSA) is 61.6 Å². The highest BCUT2D eigenvalue weighted by molar-refractivity contribution is 5.91. The van der Waals surface area contributed by atoms with Crippen LogP contribution >= 0.6 is 24.8 Å². The summed E-state index contributed by atoms with van der Waals surface area (Å²) in [4.78, 5) is 17.2. The molecule has 3 N–H and O–H groups in total. The van der Waals surface area contributed by atoms with E-state index in [1.807, 2.05) is 12.1 Å². The Kier molecular flexibility index (Phi) is 9.79. The molecule has 1 aliphatic heterocycles. The van der Waals surface area contributed by atoms with Gasteiger partial charge in [-0.2, -0.15) is 0 Å². The Morgan fingerprint density at radius 2 is 1.35 bits per heavy atom. The normalized spacial score (nSPS) is 17.8. The van der Waals surface area contributed by atoms with Crippen molar-refractivity contribution in [1.29, 1.82) is 0 Å². The zero-order valence-corrected chi connectivity index (χ0v) is 19.6. The van der Waals surface area contributed by atoms with Crippen molar-refractivity contribution in [2.24, 2.45) is 11.1 Å². The minimum Gasteiger partial charge on any atom is -0.330 e. The predicted molar refractivity (Wildman–Crippen MR) is 132 cm³/mol. The number of benzene rings is 2. The van der Waals surface area contributed by atoms with Gasteiger partial charge in [0.25, 0.3) is 0 Å². The number of carbonyl (C=O) groups excluding carboxylic acids is 1. The standard InChI is InChI=1S/C24H32N4O.2ClH/c25-19-24(10-11-24)16-23(29)26-22-8-6-21(7-9-22)18-28-14-12-27(13-15-28)17-20-4-2-1-3-5-20;;/h1-9H,10-19,25H2,(H,26,29);2*1H. The zero-order chi connectivity index (χ0) is 20.1.